The molecule has 2 aromatic carbocycles. The number of anilines is 2. The minimum Gasteiger partial charge on any atom is -0.508 e. The van der Waals surface area contributed by atoms with Gasteiger partial charge in [-0.25, -0.2) is 0 Å². The third-order valence-corrected chi connectivity index (χ3v) is 7.18. The van der Waals surface area contributed by atoms with Gasteiger partial charge in [0.15, 0.2) is 0 Å². The molecule has 4 rings (SSSR count). The summed E-state index contributed by atoms with van der Waals surface area (Å²) in [6.45, 7) is 1.43. The van der Waals surface area contributed by atoms with Crippen molar-refractivity contribution in [2.45, 2.75) is 57.5 Å². The van der Waals surface area contributed by atoms with Crippen LogP contribution in [0.2, 0.25) is 0 Å². The van der Waals surface area contributed by atoms with Gasteiger partial charge in [0.1, 0.15) is 11.8 Å². The summed E-state index contributed by atoms with van der Waals surface area (Å²) < 4.78 is 0. The van der Waals surface area contributed by atoms with Gasteiger partial charge in [-0.2, -0.15) is 0 Å². The average molecular weight is 506 g/mol. The summed E-state index contributed by atoms with van der Waals surface area (Å²) in [6.07, 6.45) is 5.29. The van der Waals surface area contributed by atoms with Crippen molar-refractivity contribution < 1.29 is 19.5 Å². The van der Waals surface area contributed by atoms with Crippen molar-refractivity contribution in [1.29, 1.82) is 0 Å². The van der Waals surface area contributed by atoms with Gasteiger partial charge in [0, 0.05) is 29.2 Å². The van der Waals surface area contributed by atoms with E-state index in [2.05, 4.69) is 10.6 Å². The molecule has 0 radical (unpaired) electrons. The lowest BCUT2D eigenvalue weighted by atomic mass is 9.94. The molecule has 0 aliphatic heterocycles. The summed E-state index contributed by atoms with van der Waals surface area (Å²) in [6, 6.07) is 16.3. The number of amides is 3. The van der Waals surface area contributed by atoms with Crippen LogP contribution in [0.5, 0.6) is 5.75 Å². The van der Waals surface area contributed by atoms with E-state index in [0.717, 1.165) is 30.6 Å². The highest BCUT2D eigenvalue weighted by atomic mass is 32.1. The van der Waals surface area contributed by atoms with Crippen molar-refractivity contribution in [2.75, 3.05) is 10.2 Å². The zero-order valence-electron chi connectivity index (χ0n) is 20.3. The molecule has 1 saturated carbocycles. The Morgan fingerprint density at radius 1 is 1.00 bits per heavy atom. The van der Waals surface area contributed by atoms with E-state index in [1.54, 1.807) is 36.4 Å². The number of nitrogens with zero attached hydrogens (tertiary/aromatic N) is 1. The first-order valence-corrected chi connectivity index (χ1v) is 13.1. The number of nitrogens with one attached hydrogen (secondary N) is 2. The second-order valence-corrected chi connectivity index (χ2v) is 10.1. The van der Waals surface area contributed by atoms with Crippen LogP contribution in [0, 0.1) is 0 Å². The van der Waals surface area contributed by atoms with Crippen LogP contribution >= 0.6 is 11.3 Å². The molecular weight excluding hydrogens is 474 g/mol. The standard InChI is InChI=1S/C28H31N3O4S/c1-19(32)29-22-11-13-23(14-12-22)31(26(34)18-25-8-5-17-36-25)27(20-9-15-24(33)16-10-20)28(35)30-21-6-3-2-4-7-21/h5,8-17,21,27,33H,2-4,6-7,18H2,1H3,(H,29,32)(H,30,35). The molecule has 36 heavy (non-hydrogen) atoms. The number of carbonyl (C=O) groups is 3. The Hall–Kier alpha value is -3.65. The van der Waals surface area contributed by atoms with Crippen LogP contribution in [0.4, 0.5) is 11.4 Å². The number of phenolic OH excluding ortho intramolecular Hbond substituents is 1. The maximum absolute atomic E-state index is 13.8. The van der Waals surface area contributed by atoms with Crippen molar-refractivity contribution in [3.05, 3.63) is 76.5 Å². The molecule has 1 aliphatic rings. The minimum absolute atomic E-state index is 0.0715. The van der Waals surface area contributed by atoms with Gasteiger partial charge >= 0.3 is 0 Å². The maximum Gasteiger partial charge on any atom is 0.248 e. The second kappa shape index (κ2) is 11.9. The number of rotatable bonds is 8. The van der Waals surface area contributed by atoms with Gasteiger partial charge in [-0.05, 0) is 66.2 Å². The Morgan fingerprint density at radius 2 is 1.69 bits per heavy atom. The Bertz CT molecular complexity index is 1170. The molecule has 1 aromatic heterocycles. The molecule has 1 aliphatic carbocycles. The molecule has 3 amide bonds. The Labute approximate surface area is 215 Å². The first-order valence-electron chi connectivity index (χ1n) is 12.2. The van der Waals surface area contributed by atoms with Gasteiger partial charge in [0.2, 0.25) is 17.7 Å². The molecule has 1 fully saturated rings. The van der Waals surface area contributed by atoms with Crippen molar-refractivity contribution >= 4 is 40.4 Å². The van der Waals surface area contributed by atoms with Crippen LogP contribution < -0.4 is 15.5 Å². The summed E-state index contributed by atoms with van der Waals surface area (Å²) in [4.78, 5) is 41.5. The van der Waals surface area contributed by atoms with Crippen LogP contribution in [-0.4, -0.2) is 28.9 Å². The van der Waals surface area contributed by atoms with E-state index < -0.39 is 6.04 Å². The molecule has 8 heteroatoms. The first kappa shape index (κ1) is 25.4. The lowest BCUT2D eigenvalue weighted by Crippen LogP contribution is -2.47. The number of carbonyl (C=O) groups excluding carboxylic acids is 3. The maximum atomic E-state index is 13.8. The van der Waals surface area contributed by atoms with E-state index in [4.69, 9.17) is 0 Å². The van der Waals surface area contributed by atoms with E-state index in [1.807, 2.05) is 17.5 Å². The number of phenols is 1. The van der Waals surface area contributed by atoms with Crippen molar-refractivity contribution in [3.63, 3.8) is 0 Å². The summed E-state index contributed by atoms with van der Waals surface area (Å²) in [5, 5.41) is 17.7. The summed E-state index contributed by atoms with van der Waals surface area (Å²) in [7, 11) is 0. The van der Waals surface area contributed by atoms with Gasteiger partial charge in [-0.15, -0.1) is 11.3 Å². The molecule has 1 unspecified atom stereocenters. The first-order chi connectivity index (χ1) is 17.4. The number of hydrogen-bond acceptors (Lipinski definition) is 5. The fraction of sp³-hybridized carbons (Fsp3) is 0.321. The number of benzene rings is 2. The molecule has 3 aromatic rings. The monoisotopic (exact) mass is 505 g/mol. The van der Waals surface area contributed by atoms with Gasteiger partial charge < -0.3 is 15.7 Å². The molecule has 0 spiro atoms. The predicted octanol–water partition coefficient (Wildman–Crippen LogP) is 5.18. The highest BCUT2D eigenvalue weighted by Crippen LogP contribution is 2.32. The molecule has 0 bridgehead atoms. The number of aromatic hydroxyl groups is 1. The minimum atomic E-state index is -0.924. The fourth-order valence-electron chi connectivity index (χ4n) is 4.59. The van der Waals surface area contributed by atoms with Gasteiger partial charge in [0.25, 0.3) is 0 Å². The number of thiophene rings is 1. The van der Waals surface area contributed by atoms with Crippen LogP contribution in [0.25, 0.3) is 0 Å². The van der Waals surface area contributed by atoms with E-state index in [9.17, 15) is 19.5 Å². The molecule has 0 saturated heterocycles. The third-order valence-electron chi connectivity index (χ3n) is 6.31. The van der Waals surface area contributed by atoms with Crippen LogP contribution in [0.15, 0.2) is 66.0 Å². The highest BCUT2D eigenvalue weighted by molar-refractivity contribution is 7.10. The Kier molecular flexibility index (Phi) is 8.38. The van der Waals surface area contributed by atoms with E-state index in [0.29, 0.717) is 16.9 Å². The topological polar surface area (TPSA) is 98.7 Å². The van der Waals surface area contributed by atoms with Gasteiger partial charge in [0.05, 0.1) is 6.42 Å². The average Bonchev–Trinajstić information content (AvgIpc) is 3.37. The predicted molar refractivity (Wildman–Crippen MR) is 142 cm³/mol. The second-order valence-electron chi connectivity index (χ2n) is 9.09. The Morgan fingerprint density at radius 3 is 2.31 bits per heavy atom. The molecule has 3 N–H and O–H groups in total. The smallest absolute Gasteiger partial charge is 0.248 e. The van der Waals surface area contributed by atoms with E-state index in [-0.39, 0.29) is 35.9 Å². The van der Waals surface area contributed by atoms with Crippen LogP contribution in [0.1, 0.15) is 55.5 Å². The van der Waals surface area contributed by atoms with Crippen molar-refractivity contribution in [3.8, 4) is 5.75 Å². The summed E-state index contributed by atoms with van der Waals surface area (Å²) >= 11 is 1.49. The van der Waals surface area contributed by atoms with E-state index in [1.165, 1.54) is 41.7 Å². The Balaban J connectivity index is 1.73. The molecule has 1 atom stereocenters. The largest absolute Gasteiger partial charge is 0.508 e. The lowest BCUT2D eigenvalue weighted by molar-refractivity contribution is -0.127. The van der Waals surface area contributed by atoms with Crippen molar-refractivity contribution in [2.24, 2.45) is 0 Å². The molecule has 1 heterocycles. The van der Waals surface area contributed by atoms with Crippen LogP contribution in [-0.2, 0) is 20.8 Å². The third kappa shape index (κ3) is 6.51. The zero-order valence-corrected chi connectivity index (χ0v) is 21.1. The summed E-state index contributed by atoms with van der Waals surface area (Å²) in [5.41, 5.74) is 1.75. The molecular formula is C28H31N3O4S. The van der Waals surface area contributed by atoms with Gasteiger partial charge in [-0.1, -0.05) is 37.5 Å². The quantitative estimate of drug-likeness (QED) is 0.393. The SMILES string of the molecule is CC(=O)Nc1ccc(N(C(=O)Cc2cccs2)C(C(=O)NC2CCCCC2)c2ccc(O)cc2)cc1. The summed E-state index contributed by atoms with van der Waals surface area (Å²) in [5.74, 6) is -0.580. The van der Waals surface area contributed by atoms with Gasteiger partial charge in [-0.3, -0.25) is 19.3 Å². The lowest BCUT2D eigenvalue weighted by Gasteiger charge is -2.33. The normalized spacial score (nSPS) is 14.6. The van der Waals surface area contributed by atoms with E-state index >= 15 is 0 Å². The molecule has 7 nitrogen and oxygen atoms in total. The highest BCUT2D eigenvalue weighted by Gasteiger charge is 2.34. The zero-order chi connectivity index (χ0) is 25.5. The van der Waals surface area contributed by atoms with Crippen LogP contribution in [0.3, 0.4) is 0 Å². The molecule has 188 valence electrons. The van der Waals surface area contributed by atoms with Crippen molar-refractivity contribution in [1.82, 2.24) is 5.32 Å². The fourth-order valence-corrected chi connectivity index (χ4v) is 5.29. The number of hydrogen-bond donors (Lipinski definition) is 3.